The van der Waals surface area contributed by atoms with Gasteiger partial charge in [0, 0.05) is 6.42 Å². The third-order valence-electron chi connectivity index (χ3n) is 7.36. The minimum Gasteiger partial charge on any atom is -0.493 e. The number of carbonyl (C=O) groups excluding carboxylic acids is 2. The fourth-order valence-electron chi connectivity index (χ4n) is 6.47. The van der Waals surface area contributed by atoms with Gasteiger partial charge in [-0.3, -0.25) is 9.59 Å². The second-order valence-corrected chi connectivity index (χ2v) is 9.67. The van der Waals surface area contributed by atoms with E-state index in [2.05, 4.69) is 5.32 Å². The van der Waals surface area contributed by atoms with Crippen LogP contribution in [0.1, 0.15) is 56.1 Å². The molecular weight excluding hydrogens is 382 g/mol. The van der Waals surface area contributed by atoms with Crippen molar-refractivity contribution in [2.24, 2.45) is 23.2 Å². The van der Waals surface area contributed by atoms with Gasteiger partial charge in [-0.15, -0.1) is 0 Å². The predicted octanol–water partition coefficient (Wildman–Crippen LogP) is 3.78. The Morgan fingerprint density at radius 1 is 1.00 bits per heavy atom. The van der Waals surface area contributed by atoms with Gasteiger partial charge in [0.15, 0.2) is 11.5 Å². The van der Waals surface area contributed by atoms with Gasteiger partial charge in [-0.2, -0.15) is 0 Å². The molecule has 0 heterocycles. The molecule has 4 bridgehead atoms. The van der Waals surface area contributed by atoms with Crippen molar-refractivity contribution in [3.63, 3.8) is 0 Å². The van der Waals surface area contributed by atoms with Crippen LogP contribution in [0.5, 0.6) is 11.5 Å². The van der Waals surface area contributed by atoms with E-state index in [9.17, 15) is 9.59 Å². The number of amides is 1. The number of benzene rings is 1. The number of ether oxygens (including phenoxy) is 3. The Hall–Kier alpha value is -2.24. The van der Waals surface area contributed by atoms with E-state index >= 15 is 0 Å². The standard InChI is InChI=1S/C24H33NO5/c1-15-4-20(28-2)21(29-3)8-19(15)14-30-23(27)13-25-22(26)12-24-9-16-5-17(10-24)7-18(6-16)11-24/h4,8,16-18H,5-7,9-14H2,1-3H3,(H,25,26). The molecule has 1 amide bonds. The number of hydrogen-bond donors (Lipinski definition) is 1. The lowest BCUT2D eigenvalue weighted by molar-refractivity contribution is -0.146. The summed E-state index contributed by atoms with van der Waals surface area (Å²) in [6, 6.07) is 3.67. The summed E-state index contributed by atoms with van der Waals surface area (Å²) in [5, 5.41) is 2.79. The zero-order chi connectivity index (χ0) is 21.3. The molecule has 0 aliphatic heterocycles. The number of rotatable bonds is 8. The van der Waals surface area contributed by atoms with Crippen LogP contribution in [0.3, 0.4) is 0 Å². The van der Waals surface area contributed by atoms with Crippen LogP contribution in [0.2, 0.25) is 0 Å². The molecule has 0 spiro atoms. The Morgan fingerprint density at radius 3 is 2.13 bits per heavy atom. The monoisotopic (exact) mass is 415 g/mol. The van der Waals surface area contributed by atoms with E-state index in [0.717, 1.165) is 28.9 Å². The van der Waals surface area contributed by atoms with Crippen LogP contribution >= 0.6 is 0 Å². The molecule has 0 radical (unpaired) electrons. The van der Waals surface area contributed by atoms with Crippen LogP contribution in [0.25, 0.3) is 0 Å². The van der Waals surface area contributed by atoms with E-state index < -0.39 is 5.97 Å². The lowest BCUT2D eigenvalue weighted by atomic mass is 9.49. The Labute approximate surface area is 178 Å². The molecule has 1 aromatic carbocycles. The number of esters is 1. The minimum absolute atomic E-state index is 0.0174. The highest BCUT2D eigenvalue weighted by molar-refractivity contribution is 5.82. The van der Waals surface area contributed by atoms with Gasteiger partial charge in [0.05, 0.1) is 14.2 Å². The van der Waals surface area contributed by atoms with Gasteiger partial charge in [-0.25, -0.2) is 0 Å². The summed E-state index contributed by atoms with van der Waals surface area (Å²) in [7, 11) is 3.16. The molecule has 30 heavy (non-hydrogen) atoms. The number of hydrogen-bond acceptors (Lipinski definition) is 5. The molecule has 0 unspecified atom stereocenters. The van der Waals surface area contributed by atoms with Crippen molar-refractivity contribution >= 4 is 11.9 Å². The van der Waals surface area contributed by atoms with E-state index in [1.165, 1.54) is 38.5 Å². The van der Waals surface area contributed by atoms with Gasteiger partial charge in [0.1, 0.15) is 13.2 Å². The Kier molecular flexibility index (Phi) is 5.94. The summed E-state index contributed by atoms with van der Waals surface area (Å²) in [6.45, 7) is 1.98. The molecule has 6 nitrogen and oxygen atoms in total. The molecule has 4 fully saturated rings. The van der Waals surface area contributed by atoms with Gasteiger partial charge in [0.25, 0.3) is 0 Å². The smallest absolute Gasteiger partial charge is 0.325 e. The fourth-order valence-corrected chi connectivity index (χ4v) is 6.47. The Balaban J connectivity index is 1.25. The van der Waals surface area contributed by atoms with Crippen LogP contribution in [0, 0.1) is 30.1 Å². The van der Waals surface area contributed by atoms with Crippen molar-refractivity contribution in [2.45, 2.75) is 58.5 Å². The number of nitrogens with one attached hydrogen (secondary N) is 1. The van der Waals surface area contributed by atoms with Crippen LogP contribution in [0.4, 0.5) is 0 Å². The fraction of sp³-hybridized carbons (Fsp3) is 0.667. The van der Waals surface area contributed by atoms with Crippen molar-refractivity contribution < 1.29 is 23.8 Å². The van der Waals surface area contributed by atoms with Crippen LogP contribution in [-0.4, -0.2) is 32.6 Å². The average Bonchev–Trinajstić information content (AvgIpc) is 2.69. The maximum atomic E-state index is 12.6. The number of aryl methyl sites for hydroxylation is 1. The first kappa shape index (κ1) is 21.0. The zero-order valence-electron chi connectivity index (χ0n) is 18.3. The summed E-state index contributed by atoms with van der Waals surface area (Å²) < 4.78 is 16.0. The topological polar surface area (TPSA) is 73.9 Å². The number of methoxy groups -OCH3 is 2. The van der Waals surface area contributed by atoms with E-state index in [1.807, 2.05) is 19.1 Å². The summed E-state index contributed by atoms with van der Waals surface area (Å²) in [6.07, 6.45) is 8.22. The van der Waals surface area contributed by atoms with E-state index in [-0.39, 0.29) is 24.5 Å². The minimum atomic E-state index is -0.428. The van der Waals surface area contributed by atoms with Crippen LogP contribution < -0.4 is 14.8 Å². The summed E-state index contributed by atoms with van der Waals surface area (Å²) in [4.78, 5) is 24.7. The van der Waals surface area contributed by atoms with Gasteiger partial charge in [0.2, 0.25) is 5.91 Å². The molecule has 5 rings (SSSR count). The molecule has 0 saturated heterocycles. The summed E-state index contributed by atoms with van der Waals surface area (Å²) in [5.74, 6) is 3.25. The summed E-state index contributed by atoms with van der Waals surface area (Å²) >= 11 is 0. The van der Waals surface area contributed by atoms with Crippen LogP contribution in [-0.2, 0) is 20.9 Å². The second-order valence-electron chi connectivity index (χ2n) is 9.67. The molecule has 0 aromatic heterocycles. The highest BCUT2D eigenvalue weighted by Crippen LogP contribution is 2.61. The van der Waals surface area contributed by atoms with Crippen molar-refractivity contribution in [1.29, 1.82) is 0 Å². The lowest BCUT2D eigenvalue weighted by Gasteiger charge is -2.56. The normalized spacial score (nSPS) is 28.8. The Morgan fingerprint density at radius 2 is 1.57 bits per heavy atom. The predicted molar refractivity (Wildman–Crippen MR) is 112 cm³/mol. The maximum Gasteiger partial charge on any atom is 0.325 e. The van der Waals surface area contributed by atoms with Crippen molar-refractivity contribution in [3.05, 3.63) is 23.3 Å². The van der Waals surface area contributed by atoms with Gasteiger partial charge < -0.3 is 19.5 Å². The largest absolute Gasteiger partial charge is 0.493 e. The molecule has 1 aromatic rings. The van der Waals surface area contributed by atoms with E-state index in [0.29, 0.717) is 17.9 Å². The quantitative estimate of drug-likeness (QED) is 0.654. The number of carbonyl (C=O) groups is 2. The van der Waals surface area contributed by atoms with E-state index in [1.54, 1.807) is 14.2 Å². The van der Waals surface area contributed by atoms with Crippen molar-refractivity contribution in [3.8, 4) is 11.5 Å². The summed E-state index contributed by atoms with van der Waals surface area (Å²) in [5.41, 5.74) is 1.98. The van der Waals surface area contributed by atoms with Crippen LogP contribution in [0.15, 0.2) is 12.1 Å². The first-order chi connectivity index (χ1) is 14.4. The van der Waals surface area contributed by atoms with Gasteiger partial charge >= 0.3 is 5.97 Å². The molecule has 4 saturated carbocycles. The molecule has 1 N–H and O–H groups in total. The second kappa shape index (κ2) is 8.48. The molecule has 6 heteroatoms. The van der Waals surface area contributed by atoms with Crippen molar-refractivity contribution in [1.82, 2.24) is 5.32 Å². The molecule has 0 atom stereocenters. The first-order valence-corrected chi connectivity index (χ1v) is 11.0. The highest BCUT2D eigenvalue weighted by atomic mass is 16.5. The van der Waals surface area contributed by atoms with E-state index in [4.69, 9.17) is 14.2 Å². The first-order valence-electron chi connectivity index (χ1n) is 11.0. The SMILES string of the molecule is COc1cc(C)c(COC(=O)CNC(=O)CC23CC4CC(CC(C4)C2)C3)cc1OC. The molecular formula is C24H33NO5. The lowest BCUT2D eigenvalue weighted by Crippen LogP contribution is -2.48. The third kappa shape index (κ3) is 4.42. The Bertz CT molecular complexity index is 783. The van der Waals surface area contributed by atoms with Crippen molar-refractivity contribution in [2.75, 3.05) is 20.8 Å². The molecule has 4 aliphatic rings. The molecule has 4 aliphatic carbocycles. The van der Waals surface area contributed by atoms with Gasteiger partial charge in [-0.05, 0) is 91.9 Å². The maximum absolute atomic E-state index is 12.6. The van der Waals surface area contributed by atoms with Gasteiger partial charge in [-0.1, -0.05) is 0 Å². The molecule has 164 valence electrons. The highest BCUT2D eigenvalue weighted by Gasteiger charge is 2.51. The average molecular weight is 416 g/mol. The zero-order valence-corrected chi connectivity index (χ0v) is 18.3. The third-order valence-corrected chi connectivity index (χ3v) is 7.36.